The quantitative estimate of drug-likeness (QED) is 0.266. The van der Waals surface area contributed by atoms with Crippen molar-refractivity contribution in [1.29, 1.82) is 0 Å². The van der Waals surface area contributed by atoms with Crippen LogP contribution in [-0.4, -0.2) is 22.4 Å². The zero-order chi connectivity index (χ0) is 24.9. The molecule has 2 heterocycles. The summed E-state index contributed by atoms with van der Waals surface area (Å²) in [5.74, 6) is -1.55. The van der Waals surface area contributed by atoms with Gasteiger partial charge in [-0.2, -0.15) is 0 Å². The van der Waals surface area contributed by atoms with Crippen molar-refractivity contribution in [3.05, 3.63) is 99.3 Å². The van der Waals surface area contributed by atoms with E-state index in [9.17, 15) is 14.4 Å². The molecule has 4 amide bonds. The van der Waals surface area contributed by atoms with Crippen LogP contribution >= 0.6 is 23.2 Å². The number of carbonyl (C=O) groups is 3. The van der Waals surface area contributed by atoms with Crippen LogP contribution in [0, 0.1) is 13.8 Å². The molecule has 0 saturated carbocycles. The third kappa shape index (κ3) is 3.91. The van der Waals surface area contributed by atoms with E-state index < -0.39 is 17.8 Å². The van der Waals surface area contributed by atoms with Gasteiger partial charge in [0.25, 0.3) is 11.8 Å². The van der Waals surface area contributed by atoms with Crippen LogP contribution in [0.5, 0.6) is 0 Å². The molecule has 1 aromatic heterocycles. The molecule has 0 spiro atoms. The molecular formula is C27H19Cl2N3O3. The van der Waals surface area contributed by atoms with E-state index in [1.54, 1.807) is 12.1 Å². The summed E-state index contributed by atoms with van der Waals surface area (Å²) >= 11 is 12.3. The number of nitrogens with zero attached hydrogens (tertiary/aromatic N) is 2. The minimum Gasteiger partial charge on any atom is -0.318 e. The van der Waals surface area contributed by atoms with E-state index in [1.165, 1.54) is 12.1 Å². The molecule has 35 heavy (non-hydrogen) atoms. The second kappa shape index (κ2) is 8.73. The lowest BCUT2D eigenvalue weighted by atomic mass is 10.1. The van der Waals surface area contributed by atoms with Crippen LogP contribution in [0.2, 0.25) is 10.0 Å². The number of halogens is 2. The lowest BCUT2D eigenvalue weighted by molar-refractivity contribution is -0.122. The molecule has 1 N–H and O–H groups in total. The standard InChI is InChI=1S/C27H19Cl2N3O3/c1-15-12-19(16(2)31(15)20-11-10-17-6-3-4-7-18(17)13-20)14-21-25(33)30-27(35)32(26(21)34)23-9-5-8-22(28)24(23)29/h3-14H,1-2H3,(H,30,33,35)/b21-14+. The highest BCUT2D eigenvalue weighted by Crippen LogP contribution is 2.34. The van der Waals surface area contributed by atoms with Crippen molar-refractivity contribution in [3.63, 3.8) is 0 Å². The van der Waals surface area contributed by atoms with E-state index in [1.807, 2.05) is 44.2 Å². The molecule has 0 radical (unpaired) electrons. The minimum absolute atomic E-state index is 0.0425. The number of rotatable bonds is 3. The monoisotopic (exact) mass is 503 g/mol. The van der Waals surface area contributed by atoms with Gasteiger partial charge in [0.15, 0.2) is 0 Å². The highest BCUT2D eigenvalue weighted by Gasteiger charge is 2.38. The lowest BCUT2D eigenvalue weighted by Crippen LogP contribution is -2.54. The largest absolute Gasteiger partial charge is 0.336 e. The number of hydrogen-bond acceptors (Lipinski definition) is 3. The maximum atomic E-state index is 13.3. The van der Waals surface area contributed by atoms with Crippen LogP contribution in [-0.2, 0) is 9.59 Å². The normalized spacial score (nSPS) is 15.3. The Hall–Kier alpha value is -3.87. The molecule has 174 valence electrons. The number of aryl methyl sites for hydroxylation is 1. The minimum atomic E-state index is -0.886. The molecule has 3 aromatic carbocycles. The molecule has 8 heteroatoms. The molecule has 4 aromatic rings. The smallest absolute Gasteiger partial charge is 0.318 e. The maximum Gasteiger partial charge on any atom is 0.336 e. The Morgan fingerprint density at radius 2 is 1.60 bits per heavy atom. The summed E-state index contributed by atoms with van der Waals surface area (Å²) < 4.78 is 2.06. The fourth-order valence-electron chi connectivity index (χ4n) is 4.34. The van der Waals surface area contributed by atoms with Gasteiger partial charge < -0.3 is 4.57 Å². The number of fused-ring (bicyclic) bond motifs is 1. The number of amides is 4. The van der Waals surface area contributed by atoms with Crippen LogP contribution in [0.15, 0.2) is 72.3 Å². The van der Waals surface area contributed by atoms with Crippen LogP contribution in [0.1, 0.15) is 17.0 Å². The zero-order valence-electron chi connectivity index (χ0n) is 18.8. The Bertz CT molecular complexity index is 1590. The molecular weight excluding hydrogens is 485 g/mol. The summed E-state index contributed by atoms with van der Waals surface area (Å²) in [5, 5.41) is 4.68. The summed E-state index contributed by atoms with van der Waals surface area (Å²) in [6.07, 6.45) is 1.50. The van der Waals surface area contributed by atoms with Gasteiger partial charge in [0.2, 0.25) is 0 Å². The predicted octanol–water partition coefficient (Wildman–Crippen LogP) is 6.22. The Labute approximate surface area is 211 Å². The number of nitrogens with one attached hydrogen (secondary N) is 1. The first-order valence-electron chi connectivity index (χ1n) is 10.8. The predicted molar refractivity (Wildman–Crippen MR) is 138 cm³/mol. The average molecular weight is 504 g/mol. The fourth-order valence-corrected chi connectivity index (χ4v) is 4.72. The van der Waals surface area contributed by atoms with Crippen molar-refractivity contribution in [3.8, 4) is 5.69 Å². The average Bonchev–Trinajstić information content (AvgIpc) is 3.11. The molecule has 0 aliphatic carbocycles. The van der Waals surface area contributed by atoms with Crippen molar-refractivity contribution in [2.45, 2.75) is 13.8 Å². The van der Waals surface area contributed by atoms with Crippen LogP contribution < -0.4 is 10.2 Å². The number of urea groups is 1. The molecule has 0 unspecified atom stereocenters. The number of aromatic nitrogens is 1. The highest BCUT2D eigenvalue weighted by atomic mass is 35.5. The van der Waals surface area contributed by atoms with Gasteiger partial charge in [0.1, 0.15) is 5.57 Å². The Morgan fingerprint density at radius 1 is 0.857 bits per heavy atom. The molecule has 1 saturated heterocycles. The topological polar surface area (TPSA) is 71.4 Å². The van der Waals surface area contributed by atoms with Gasteiger partial charge in [-0.15, -0.1) is 0 Å². The maximum absolute atomic E-state index is 13.3. The number of benzene rings is 3. The van der Waals surface area contributed by atoms with E-state index in [4.69, 9.17) is 23.2 Å². The van der Waals surface area contributed by atoms with Crippen molar-refractivity contribution in [1.82, 2.24) is 9.88 Å². The summed E-state index contributed by atoms with van der Waals surface area (Å²) in [6, 6.07) is 19.9. The van der Waals surface area contributed by atoms with Crippen LogP contribution in [0.25, 0.3) is 22.5 Å². The van der Waals surface area contributed by atoms with E-state index in [0.29, 0.717) is 5.56 Å². The number of carbonyl (C=O) groups excluding carboxylic acids is 3. The first-order chi connectivity index (χ1) is 16.8. The molecule has 6 nitrogen and oxygen atoms in total. The molecule has 0 atom stereocenters. The third-order valence-corrected chi connectivity index (χ3v) is 6.84. The summed E-state index contributed by atoms with van der Waals surface area (Å²) in [6.45, 7) is 3.87. The number of barbiturate groups is 1. The number of hydrogen-bond donors (Lipinski definition) is 1. The number of imide groups is 2. The van der Waals surface area contributed by atoms with E-state index in [-0.39, 0.29) is 21.3 Å². The zero-order valence-corrected chi connectivity index (χ0v) is 20.3. The first-order valence-corrected chi connectivity index (χ1v) is 11.6. The molecule has 1 fully saturated rings. The molecule has 1 aliphatic rings. The van der Waals surface area contributed by atoms with Gasteiger partial charge in [-0.1, -0.05) is 59.6 Å². The Morgan fingerprint density at radius 3 is 2.37 bits per heavy atom. The van der Waals surface area contributed by atoms with E-state index >= 15 is 0 Å². The molecule has 1 aliphatic heterocycles. The van der Waals surface area contributed by atoms with Gasteiger partial charge in [0.05, 0.1) is 15.7 Å². The van der Waals surface area contributed by atoms with E-state index in [0.717, 1.165) is 32.7 Å². The summed E-state index contributed by atoms with van der Waals surface area (Å²) in [7, 11) is 0. The molecule has 5 rings (SSSR count). The van der Waals surface area contributed by atoms with Gasteiger partial charge in [-0.3, -0.25) is 14.9 Å². The Kier molecular flexibility index (Phi) is 5.71. The highest BCUT2D eigenvalue weighted by molar-refractivity contribution is 6.46. The summed E-state index contributed by atoms with van der Waals surface area (Å²) in [4.78, 5) is 39.3. The number of anilines is 1. The van der Waals surface area contributed by atoms with Crippen LogP contribution in [0.3, 0.4) is 0 Å². The van der Waals surface area contributed by atoms with Crippen molar-refractivity contribution >= 4 is 63.6 Å². The molecule has 0 bridgehead atoms. The first kappa shape index (κ1) is 22.9. The SMILES string of the molecule is Cc1cc(/C=C2\C(=O)NC(=O)N(c3cccc(Cl)c3Cl)C2=O)c(C)n1-c1ccc2ccccc2c1. The lowest BCUT2D eigenvalue weighted by Gasteiger charge is -2.27. The van der Waals surface area contributed by atoms with Gasteiger partial charge >= 0.3 is 6.03 Å². The van der Waals surface area contributed by atoms with Crippen LogP contribution in [0.4, 0.5) is 10.5 Å². The van der Waals surface area contributed by atoms with Crippen molar-refractivity contribution in [2.24, 2.45) is 0 Å². The van der Waals surface area contributed by atoms with E-state index in [2.05, 4.69) is 28.1 Å². The van der Waals surface area contributed by atoms with Crippen molar-refractivity contribution in [2.75, 3.05) is 4.90 Å². The second-order valence-electron chi connectivity index (χ2n) is 8.22. The third-order valence-electron chi connectivity index (χ3n) is 6.04. The van der Waals surface area contributed by atoms with Gasteiger partial charge in [-0.05, 0) is 66.6 Å². The second-order valence-corrected chi connectivity index (χ2v) is 9.01. The fraction of sp³-hybridized carbons (Fsp3) is 0.0741. The van der Waals surface area contributed by atoms with Gasteiger partial charge in [0, 0.05) is 17.1 Å². The summed E-state index contributed by atoms with van der Waals surface area (Å²) in [5.41, 5.74) is 3.33. The van der Waals surface area contributed by atoms with Crippen molar-refractivity contribution < 1.29 is 14.4 Å². The Balaban J connectivity index is 1.58. The van der Waals surface area contributed by atoms with Gasteiger partial charge in [-0.25, -0.2) is 9.69 Å².